The molecule has 0 spiro atoms. The molecule has 0 bridgehead atoms. The van der Waals surface area contributed by atoms with Crippen LogP contribution in [0.3, 0.4) is 0 Å². The van der Waals surface area contributed by atoms with Crippen LogP contribution in [0.1, 0.15) is 25.8 Å². The fourth-order valence-electron chi connectivity index (χ4n) is 2.91. The van der Waals surface area contributed by atoms with Crippen LogP contribution in [0.25, 0.3) is 0 Å². The molecule has 3 rings (SSSR count). The molecule has 1 N–H and O–H groups in total. The van der Waals surface area contributed by atoms with E-state index >= 15 is 0 Å². The number of hydrogen-bond acceptors (Lipinski definition) is 4. The van der Waals surface area contributed by atoms with Gasteiger partial charge >= 0.3 is 0 Å². The Morgan fingerprint density at radius 2 is 1.81 bits per heavy atom. The van der Waals surface area contributed by atoms with Crippen LogP contribution in [0.15, 0.2) is 47.4 Å². The molecular weight excluding hydrogens is 364 g/mol. The molecule has 0 radical (unpaired) electrons. The van der Waals surface area contributed by atoms with Crippen molar-refractivity contribution in [2.45, 2.75) is 31.6 Å². The van der Waals surface area contributed by atoms with Gasteiger partial charge in [0.2, 0.25) is 5.91 Å². The largest absolute Gasteiger partial charge is 0.493 e. The molecule has 1 heterocycles. The summed E-state index contributed by atoms with van der Waals surface area (Å²) in [5, 5.41) is 0. The van der Waals surface area contributed by atoms with E-state index in [1.165, 1.54) is 12.1 Å². The highest BCUT2D eigenvalue weighted by atomic mass is 32.2. The van der Waals surface area contributed by atoms with E-state index in [0.29, 0.717) is 36.8 Å². The number of sulfonamides is 1. The van der Waals surface area contributed by atoms with Gasteiger partial charge in [0.05, 0.1) is 11.5 Å². The Kier molecular flexibility index (Phi) is 5.41. The molecule has 0 unspecified atom stereocenters. The van der Waals surface area contributed by atoms with E-state index < -0.39 is 10.0 Å². The zero-order valence-corrected chi connectivity index (χ0v) is 16.5. The average Bonchev–Trinajstić information content (AvgIpc) is 2.63. The fraction of sp³-hybridized carbons (Fsp3) is 0.350. The predicted molar refractivity (Wildman–Crippen MR) is 106 cm³/mol. The van der Waals surface area contributed by atoms with Crippen molar-refractivity contribution in [3.8, 4) is 5.75 Å². The highest BCUT2D eigenvalue weighted by molar-refractivity contribution is 7.92. The number of benzene rings is 2. The summed E-state index contributed by atoms with van der Waals surface area (Å²) in [5.41, 5.74) is 2.26. The topological polar surface area (TPSA) is 75.7 Å². The van der Waals surface area contributed by atoms with Crippen LogP contribution in [0.4, 0.5) is 11.4 Å². The molecule has 0 saturated heterocycles. The monoisotopic (exact) mass is 388 g/mol. The van der Waals surface area contributed by atoms with Gasteiger partial charge in [-0.3, -0.25) is 9.52 Å². The van der Waals surface area contributed by atoms with Crippen molar-refractivity contribution in [2.75, 3.05) is 23.3 Å². The summed E-state index contributed by atoms with van der Waals surface area (Å²) >= 11 is 0. The summed E-state index contributed by atoms with van der Waals surface area (Å²) in [6.07, 6.45) is 1.04. The first-order chi connectivity index (χ1) is 12.8. The maximum absolute atomic E-state index is 12.6. The van der Waals surface area contributed by atoms with Crippen molar-refractivity contribution in [3.05, 3.63) is 48.0 Å². The normalized spacial score (nSPS) is 14.2. The number of aryl methyl sites for hydroxylation is 1. The molecule has 0 saturated carbocycles. The number of nitrogens with one attached hydrogen (secondary N) is 1. The van der Waals surface area contributed by atoms with Crippen LogP contribution in [0.2, 0.25) is 0 Å². The molecule has 1 aliphatic rings. The maximum Gasteiger partial charge on any atom is 0.261 e. The lowest BCUT2D eigenvalue weighted by molar-refractivity contribution is -0.118. The fourth-order valence-corrected chi connectivity index (χ4v) is 3.96. The lowest BCUT2D eigenvalue weighted by atomic mass is 10.0. The minimum absolute atomic E-state index is 0.0654. The maximum atomic E-state index is 12.6. The second-order valence-electron chi connectivity index (χ2n) is 7.08. The number of amides is 1. The molecule has 27 heavy (non-hydrogen) atoms. The van der Waals surface area contributed by atoms with Gasteiger partial charge < -0.3 is 9.64 Å². The SMILES string of the molecule is CC(C)COc1ccc(S(=O)(=O)Nc2ccc3c(c2)CCC(=O)N3C)cc1. The van der Waals surface area contributed by atoms with Gasteiger partial charge in [-0.1, -0.05) is 13.8 Å². The molecule has 1 aliphatic heterocycles. The zero-order chi connectivity index (χ0) is 19.6. The third kappa shape index (κ3) is 4.42. The van der Waals surface area contributed by atoms with Crippen LogP contribution in [-0.2, 0) is 21.2 Å². The van der Waals surface area contributed by atoms with Gasteiger partial charge in [-0.15, -0.1) is 0 Å². The molecule has 144 valence electrons. The summed E-state index contributed by atoms with van der Waals surface area (Å²) in [5.74, 6) is 1.10. The Morgan fingerprint density at radius 1 is 1.11 bits per heavy atom. The molecule has 0 aromatic heterocycles. The van der Waals surface area contributed by atoms with Gasteiger partial charge in [0.1, 0.15) is 5.75 Å². The van der Waals surface area contributed by atoms with Crippen molar-refractivity contribution < 1.29 is 17.9 Å². The number of carbonyl (C=O) groups excluding carboxylic acids is 1. The van der Waals surface area contributed by atoms with Crippen molar-refractivity contribution in [1.29, 1.82) is 0 Å². The van der Waals surface area contributed by atoms with Crippen molar-refractivity contribution in [1.82, 2.24) is 0 Å². The molecule has 0 atom stereocenters. The van der Waals surface area contributed by atoms with Gasteiger partial charge in [0.15, 0.2) is 0 Å². The lowest BCUT2D eigenvalue weighted by Crippen LogP contribution is -2.31. The van der Waals surface area contributed by atoms with Gasteiger partial charge in [0.25, 0.3) is 10.0 Å². The van der Waals surface area contributed by atoms with Crippen LogP contribution >= 0.6 is 0 Å². The number of rotatable bonds is 6. The number of fused-ring (bicyclic) bond motifs is 1. The Morgan fingerprint density at radius 3 is 2.48 bits per heavy atom. The Bertz CT molecular complexity index is 937. The first-order valence-electron chi connectivity index (χ1n) is 8.91. The summed E-state index contributed by atoms with van der Waals surface area (Å²) < 4.78 is 33.5. The van der Waals surface area contributed by atoms with E-state index in [0.717, 1.165) is 11.3 Å². The second-order valence-corrected chi connectivity index (χ2v) is 8.76. The first kappa shape index (κ1) is 19.2. The zero-order valence-electron chi connectivity index (χ0n) is 15.7. The second kappa shape index (κ2) is 7.60. The summed E-state index contributed by atoms with van der Waals surface area (Å²) in [7, 11) is -1.97. The van der Waals surface area contributed by atoms with E-state index in [1.54, 1.807) is 42.3 Å². The Balaban J connectivity index is 1.76. The van der Waals surface area contributed by atoms with Gasteiger partial charge in [-0.25, -0.2) is 8.42 Å². The third-order valence-corrected chi connectivity index (χ3v) is 5.79. The standard InChI is InChI=1S/C20H24N2O4S/c1-14(2)13-26-17-6-8-18(9-7-17)27(24,25)21-16-5-10-19-15(12-16)4-11-20(23)22(19)3/h5-10,12,14,21H,4,11,13H2,1-3H3. The minimum atomic E-state index is -3.70. The molecule has 2 aromatic carbocycles. The van der Waals surface area contributed by atoms with Crippen molar-refractivity contribution in [2.24, 2.45) is 5.92 Å². The molecular formula is C20H24N2O4S. The van der Waals surface area contributed by atoms with Crippen LogP contribution in [0.5, 0.6) is 5.75 Å². The average molecular weight is 388 g/mol. The molecule has 0 aliphatic carbocycles. The van der Waals surface area contributed by atoms with Crippen molar-refractivity contribution >= 4 is 27.3 Å². The summed E-state index contributed by atoms with van der Waals surface area (Å²) in [6.45, 7) is 4.68. The van der Waals surface area contributed by atoms with Crippen molar-refractivity contribution in [3.63, 3.8) is 0 Å². The number of carbonyl (C=O) groups is 1. The molecule has 2 aromatic rings. The smallest absolute Gasteiger partial charge is 0.261 e. The van der Waals surface area contributed by atoms with E-state index in [4.69, 9.17) is 4.74 Å². The number of hydrogen-bond donors (Lipinski definition) is 1. The highest BCUT2D eigenvalue weighted by Crippen LogP contribution is 2.30. The van der Waals surface area contributed by atoms with Gasteiger partial charge in [-0.2, -0.15) is 0 Å². The number of ether oxygens (including phenoxy) is 1. The Labute approximate surface area is 160 Å². The quantitative estimate of drug-likeness (QED) is 0.823. The summed E-state index contributed by atoms with van der Waals surface area (Å²) in [4.78, 5) is 13.5. The molecule has 1 amide bonds. The van der Waals surface area contributed by atoms with Crippen LogP contribution < -0.4 is 14.4 Å². The third-order valence-electron chi connectivity index (χ3n) is 4.39. The van der Waals surface area contributed by atoms with E-state index in [2.05, 4.69) is 18.6 Å². The predicted octanol–water partition coefficient (Wildman–Crippen LogP) is 3.43. The van der Waals surface area contributed by atoms with Crippen LogP contribution in [0, 0.1) is 5.92 Å². The summed E-state index contributed by atoms with van der Waals surface area (Å²) in [6, 6.07) is 11.6. The van der Waals surface area contributed by atoms with E-state index in [9.17, 15) is 13.2 Å². The number of anilines is 2. The van der Waals surface area contributed by atoms with Gasteiger partial charge in [-0.05, 0) is 60.4 Å². The Hall–Kier alpha value is -2.54. The molecule has 7 heteroatoms. The molecule has 6 nitrogen and oxygen atoms in total. The van der Waals surface area contributed by atoms with Crippen LogP contribution in [-0.4, -0.2) is 28.0 Å². The van der Waals surface area contributed by atoms with Gasteiger partial charge in [0, 0.05) is 24.8 Å². The first-order valence-corrected chi connectivity index (χ1v) is 10.4. The lowest BCUT2D eigenvalue weighted by Gasteiger charge is -2.26. The van der Waals surface area contributed by atoms with E-state index in [-0.39, 0.29) is 10.8 Å². The number of nitrogens with zero attached hydrogens (tertiary/aromatic N) is 1. The highest BCUT2D eigenvalue weighted by Gasteiger charge is 2.22. The molecule has 0 fully saturated rings. The van der Waals surface area contributed by atoms with E-state index in [1.807, 2.05) is 0 Å². The minimum Gasteiger partial charge on any atom is -0.493 e.